The number of benzene rings is 1. The van der Waals surface area contributed by atoms with Crippen LogP contribution in [0.1, 0.15) is 18.9 Å². The molecule has 0 saturated heterocycles. The minimum atomic E-state index is -0.539. The third-order valence-corrected chi connectivity index (χ3v) is 2.98. The summed E-state index contributed by atoms with van der Waals surface area (Å²) in [7, 11) is 0. The molecule has 0 aliphatic carbocycles. The van der Waals surface area contributed by atoms with E-state index in [0.29, 0.717) is 0 Å². The van der Waals surface area contributed by atoms with Crippen LogP contribution in [0.3, 0.4) is 0 Å². The number of anilines is 1. The molecule has 1 aromatic heterocycles. The first-order valence-electron chi connectivity index (χ1n) is 6.46. The van der Waals surface area contributed by atoms with E-state index in [4.69, 9.17) is 16.3 Å². The molecule has 1 aromatic carbocycles. The van der Waals surface area contributed by atoms with Crippen LogP contribution in [0.2, 0.25) is 5.02 Å². The smallest absolute Gasteiger partial charge is 0.183 e. The highest BCUT2D eigenvalue weighted by molar-refractivity contribution is 6.30. The Labute approximate surface area is 122 Å². The van der Waals surface area contributed by atoms with Gasteiger partial charge in [0, 0.05) is 18.3 Å². The van der Waals surface area contributed by atoms with Crippen molar-refractivity contribution in [1.29, 1.82) is 0 Å². The van der Waals surface area contributed by atoms with Crippen LogP contribution in [0, 0.1) is 5.82 Å². The summed E-state index contributed by atoms with van der Waals surface area (Å²) in [6.45, 7) is 3.23. The highest BCUT2D eigenvalue weighted by Gasteiger charge is 2.07. The molecule has 0 fully saturated rings. The van der Waals surface area contributed by atoms with Gasteiger partial charge in [0.25, 0.3) is 0 Å². The average Bonchev–Trinajstić information content (AvgIpc) is 2.48. The van der Waals surface area contributed by atoms with Gasteiger partial charge in [0.1, 0.15) is 12.4 Å². The van der Waals surface area contributed by atoms with Crippen molar-refractivity contribution in [3.05, 3.63) is 52.9 Å². The SMILES string of the molecule is CCCNc1ccc(COc2cccc(Cl)c2F)cn1. The third kappa shape index (κ3) is 3.84. The molecule has 5 heteroatoms. The fourth-order valence-corrected chi connectivity index (χ4v) is 1.79. The summed E-state index contributed by atoms with van der Waals surface area (Å²) in [5.41, 5.74) is 0.867. The molecule has 0 saturated carbocycles. The van der Waals surface area contributed by atoms with E-state index in [2.05, 4.69) is 17.2 Å². The minimum Gasteiger partial charge on any atom is -0.486 e. The molecule has 2 aromatic rings. The van der Waals surface area contributed by atoms with E-state index < -0.39 is 5.82 Å². The molecule has 1 heterocycles. The number of nitrogens with one attached hydrogen (secondary N) is 1. The lowest BCUT2D eigenvalue weighted by molar-refractivity contribution is 0.290. The van der Waals surface area contributed by atoms with E-state index >= 15 is 0 Å². The van der Waals surface area contributed by atoms with Crippen molar-refractivity contribution >= 4 is 17.4 Å². The van der Waals surface area contributed by atoms with Crippen LogP contribution < -0.4 is 10.1 Å². The second-order valence-corrected chi connectivity index (χ2v) is 4.73. The van der Waals surface area contributed by atoms with Gasteiger partial charge in [0.05, 0.1) is 5.02 Å². The quantitative estimate of drug-likeness (QED) is 0.863. The maximum Gasteiger partial charge on any atom is 0.183 e. The van der Waals surface area contributed by atoms with Crippen LogP contribution in [-0.4, -0.2) is 11.5 Å². The van der Waals surface area contributed by atoms with E-state index in [1.165, 1.54) is 6.07 Å². The number of aromatic nitrogens is 1. The normalized spacial score (nSPS) is 10.3. The summed E-state index contributed by atoms with van der Waals surface area (Å²) in [6.07, 6.45) is 2.75. The highest BCUT2D eigenvalue weighted by Crippen LogP contribution is 2.24. The van der Waals surface area contributed by atoms with Gasteiger partial charge < -0.3 is 10.1 Å². The Hall–Kier alpha value is -1.81. The molecule has 2 rings (SSSR count). The van der Waals surface area contributed by atoms with Crippen LogP contribution >= 0.6 is 11.6 Å². The second kappa shape index (κ2) is 7.10. The van der Waals surface area contributed by atoms with Crippen LogP contribution in [-0.2, 0) is 6.61 Å². The summed E-state index contributed by atoms with van der Waals surface area (Å²) in [4.78, 5) is 4.26. The summed E-state index contributed by atoms with van der Waals surface area (Å²) in [5.74, 6) is 0.429. The summed E-state index contributed by atoms with van der Waals surface area (Å²) in [5, 5.41) is 3.24. The van der Waals surface area contributed by atoms with Gasteiger partial charge in [-0.25, -0.2) is 9.37 Å². The molecule has 0 bridgehead atoms. The van der Waals surface area contributed by atoms with Crippen molar-refractivity contribution in [2.45, 2.75) is 20.0 Å². The van der Waals surface area contributed by atoms with Crippen molar-refractivity contribution in [2.24, 2.45) is 0 Å². The van der Waals surface area contributed by atoms with Crippen LogP contribution in [0.25, 0.3) is 0 Å². The second-order valence-electron chi connectivity index (χ2n) is 4.32. The Morgan fingerprint density at radius 2 is 2.15 bits per heavy atom. The predicted molar refractivity (Wildman–Crippen MR) is 78.8 cm³/mol. The number of hydrogen-bond acceptors (Lipinski definition) is 3. The first-order valence-corrected chi connectivity index (χ1v) is 6.84. The van der Waals surface area contributed by atoms with Gasteiger partial charge in [-0.1, -0.05) is 30.7 Å². The molecular formula is C15H16ClFN2O. The highest BCUT2D eigenvalue weighted by atomic mass is 35.5. The largest absolute Gasteiger partial charge is 0.486 e. The maximum atomic E-state index is 13.6. The number of pyridine rings is 1. The Balaban J connectivity index is 1.95. The fourth-order valence-electron chi connectivity index (χ4n) is 1.62. The predicted octanol–water partition coefficient (Wildman–Crippen LogP) is 4.28. The zero-order chi connectivity index (χ0) is 14.4. The number of rotatable bonds is 6. The lowest BCUT2D eigenvalue weighted by atomic mass is 10.3. The molecule has 20 heavy (non-hydrogen) atoms. The molecule has 106 valence electrons. The van der Waals surface area contributed by atoms with Crippen molar-refractivity contribution < 1.29 is 9.13 Å². The molecule has 1 N–H and O–H groups in total. The first kappa shape index (κ1) is 14.6. The molecule has 0 spiro atoms. The molecule has 0 atom stereocenters. The lowest BCUT2D eigenvalue weighted by Crippen LogP contribution is -2.03. The van der Waals surface area contributed by atoms with Gasteiger partial charge in [-0.05, 0) is 24.6 Å². The van der Waals surface area contributed by atoms with Gasteiger partial charge in [0.15, 0.2) is 11.6 Å². The third-order valence-electron chi connectivity index (χ3n) is 2.69. The monoisotopic (exact) mass is 294 g/mol. The van der Waals surface area contributed by atoms with E-state index in [1.54, 1.807) is 18.3 Å². The standard InChI is InChI=1S/C15H16ClFN2O/c1-2-8-18-14-7-6-11(9-19-14)10-20-13-5-3-4-12(16)15(13)17/h3-7,9H,2,8,10H2,1H3,(H,18,19). The van der Waals surface area contributed by atoms with E-state index in [9.17, 15) is 4.39 Å². The summed E-state index contributed by atoms with van der Waals surface area (Å²) >= 11 is 5.69. The van der Waals surface area contributed by atoms with Crippen molar-refractivity contribution in [3.63, 3.8) is 0 Å². The summed E-state index contributed by atoms with van der Waals surface area (Å²) in [6, 6.07) is 8.46. The van der Waals surface area contributed by atoms with Crippen LogP contribution in [0.4, 0.5) is 10.2 Å². The van der Waals surface area contributed by atoms with Gasteiger partial charge in [-0.2, -0.15) is 0 Å². The minimum absolute atomic E-state index is 0.0553. The Morgan fingerprint density at radius 3 is 2.85 bits per heavy atom. The fraction of sp³-hybridized carbons (Fsp3) is 0.267. The van der Waals surface area contributed by atoms with Gasteiger partial charge >= 0.3 is 0 Å². The Morgan fingerprint density at radius 1 is 1.30 bits per heavy atom. The van der Waals surface area contributed by atoms with Gasteiger partial charge in [-0.15, -0.1) is 0 Å². The lowest BCUT2D eigenvalue weighted by Gasteiger charge is -2.09. The van der Waals surface area contributed by atoms with Crippen molar-refractivity contribution in [3.8, 4) is 5.75 Å². The molecule has 0 unspecified atom stereocenters. The Kier molecular flexibility index (Phi) is 5.18. The molecule has 0 aliphatic rings. The van der Waals surface area contributed by atoms with E-state index in [0.717, 1.165) is 24.3 Å². The number of nitrogens with zero attached hydrogens (tertiary/aromatic N) is 1. The molecular weight excluding hydrogens is 279 g/mol. The van der Waals surface area contributed by atoms with Gasteiger partial charge in [-0.3, -0.25) is 0 Å². The first-order chi connectivity index (χ1) is 9.70. The Bertz CT molecular complexity index is 560. The van der Waals surface area contributed by atoms with Crippen molar-refractivity contribution in [2.75, 3.05) is 11.9 Å². The van der Waals surface area contributed by atoms with Gasteiger partial charge in [0.2, 0.25) is 0 Å². The molecule has 3 nitrogen and oxygen atoms in total. The zero-order valence-electron chi connectivity index (χ0n) is 11.2. The van der Waals surface area contributed by atoms with Crippen molar-refractivity contribution in [1.82, 2.24) is 4.98 Å². The topological polar surface area (TPSA) is 34.1 Å². The van der Waals surface area contributed by atoms with E-state index in [1.807, 2.05) is 12.1 Å². The molecule has 0 amide bonds. The number of ether oxygens (including phenoxy) is 1. The average molecular weight is 295 g/mol. The molecule has 0 aliphatic heterocycles. The number of hydrogen-bond donors (Lipinski definition) is 1. The zero-order valence-corrected chi connectivity index (χ0v) is 12.0. The van der Waals surface area contributed by atoms with Crippen LogP contribution in [0.5, 0.6) is 5.75 Å². The summed E-state index contributed by atoms with van der Waals surface area (Å²) < 4.78 is 19.0. The van der Waals surface area contributed by atoms with Crippen LogP contribution in [0.15, 0.2) is 36.5 Å². The maximum absolute atomic E-state index is 13.6. The van der Waals surface area contributed by atoms with E-state index in [-0.39, 0.29) is 17.4 Å². The number of halogens is 2. The molecule has 0 radical (unpaired) electrons.